The standard InChI is InChI=1S/C15H11I/c16-15-13-7-3-1-5-11(13)9-10-12-6-2-4-8-14(12)15/h1-10,15H. The minimum absolute atomic E-state index is 0.444. The molecule has 3 rings (SSSR count). The van der Waals surface area contributed by atoms with Crippen molar-refractivity contribution in [1.29, 1.82) is 0 Å². The van der Waals surface area contributed by atoms with Crippen LogP contribution < -0.4 is 0 Å². The van der Waals surface area contributed by atoms with Crippen LogP contribution in [-0.4, -0.2) is 0 Å². The number of benzene rings is 2. The highest BCUT2D eigenvalue weighted by atomic mass is 127. The Morgan fingerprint density at radius 1 is 0.688 bits per heavy atom. The molecule has 0 aliphatic heterocycles. The summed E-state index contributed by atoms with van der Waals surface area (Å²) in [5.41, 5.74) is 5.48. The second-order valence-corrected chi connectivity index (χ2v) is 5.20. The largest absolute Gasteiger partial charge is 0.0721 e. The van der Waals surface area contributed by atoms with Gasteiger partial charge in [0, 0.05) is 0 Å². The van der Waals surface area contributed by atoms with Gasteiger partial charge >= 0.3 is 0 Å². The number of hydrogen-bond acceptors (Lipinski definition) is 0. The molecule has 0 unspecified atom stereocenters. The monoisotopic (exact) mass is 318 g/mol. The smallest absolute Gasteiger partial charge is 0.0620 e. The van der Waals surface area contributed by atoms with E-state index in [4.69, 9.17) is 0 Å². The first-order valence-corrected chi connectivity index (χ1v) is 6.61. The van der Waals surface area contributed by atoms with E-state index in [1.54, 1.807) is 0 Å². The van der Waals surface area contributed by atoms with Gasteiger partial charge in [-0.2, -0.15) is 0 Å². The molecule has 0 radical (unpaired) electrons. The van der Waals surface area contributed by atoms with E-state index in [0.717, 1.165) is 0 Å². The zero-order chi connectivity index (χ0) is 11.0. The van der Waals surface area contributed by atoms with E-state index >= 15 is 0 Å². The summed E-state index contributed by atoms with van der Waals surface area (Å²) in [6, 6.07) is 17.2. The first kappa shape index (κ1) is 10.1. The topological polar surface area (TPSA) is 0 Å². The fraction of sp³-hybridized carbons (Fsp3) is 0.0667. The van der Waals surface area contributed by atoms with E-state index < -0.39 is 0 Å². The van der Waals surface area contributed by atoms with Crippen LogP contribution in [0.1, 0.15) is 26.2 Å². The first-order chi connectivity index (χ1) is 7.86. The van der Waals surface area contributed by atoms with Gasteiger partial charge in [-0.15, -0.1) is 0 Å². The van der Waals surface area contributed by atoms with Crippen molar-refractivity contribution >= 4 is 34.7 Å². The van der Waals surface area contributed by atoms with E-state index in [0.29, 0.717) is 3.92 Å². The summed E-state index contributed by atoms with van der Waals surface area (Å²) in [6.45, 7) is 0. The summed E-state index contributed by atoms with van der Waals surface area (Å²) in [5.74, 6) is 0. The third-order valence-corrected chi connectivity index (χ3v) is 4.32. The molecule has 0 amide bonds. The molecule has 0 spiro atoms. The Morgan fingerprint density at radius 2 is 1.12 bits per heavy atom. The molecular formula is C15H11I. The summed E-state index contributed by atoms with van der Waals surface area (Å²) in [6.07, 6.45) is 4.43. The van der Waals surface area contributed by atoms with Crippen LogP contribution in [0.15, 0.2) is 48.5 Å². The van der Waals surface area contributed by atoms with E-state index in [1.807, 2.05) is 0 Å². The molecule has 2 aromatic rings. The number of halogens is 1. The van der Waals surface area contributed by atoms with Crippen LogP contribution >= 0.6 is 22.6 Å². The van der Waals surface area contributed by atoms with Crippen LogP contribution in [-0.2, 0) is 0 Å². The first-order valence-electron chi connectivity index (χ1n) is 5.36. The summed E-state index contributed by atoms with van der Waals surface area (Å²) in [7, 11) is 0. The minimum Gasteiger partial charge on any atom is -0.0721 e. The molecular weight excluding hydrogens is 307 g/mol. The van der Waals surface area contributed by atoms with Crippen molar-refractivity contribution in [2.75, 3.05) is 0 Å². The average molecular weight is 318 g/mol. The van der Waals surface area contributed by atoms with Gasteiger partial charge < -0.3 is 0 Å². The molecule has 1 heteroatoms. The summed E-state index contributed by atoms with van der Waals surface area (Å²) < 4.78 is 0.444. The Balaban J connectivity index is 2.26. The molecule has 78 valence electrons. The SMILES string of the molecule is IC1c2ccccc2C=Cc2ccccc21. The van der Waals surface area contributed by atoms with Crippen molar-refractivity contribution in [2.24, 2.45) is 0 Å². The van der Waals surface area contributed by atoms with Gasteiger partial charge in [0.1, 0.15) is 0 Å². The average Bonchev–Trinajstić information content (AvgIpc) is 2.49. The van der Waals surface area contributed by atoms with Gasteiger partial charge in [-0.1, -0.05) is 83.3 Å². The Morgan fingerprint density at radius 3 is 1.62 bits per heavy atom. The van der Waals surface area contributed by atoms with Gasteiger partial charge in [0.25, 0.3) is 0 Å². The van der Waals surface area contributed by atoms with Gasteiger partial charge in [-0.3, -0.25) is 0 Å². The number of hydrogen-bond donors (Lipinski definition) is 0. The third kappa shape index (κ3) is 1.59. The molecule has 0 atom stereocenters. The fourth-order valence-electron chi connectivity index (χ4n) is 2.13. The van der Waals surface area contributed by atoms with Crippen molar-refractivity contribution in [2.45, 2.75) is 3.92 Å². The molecule has 0 N–H and O–H groups in total. The Kier molecular flexibility index (Phi) is 2.56. The normalized spacial score (nSPS) is 14.1. The highest BCUT2D eigenvalue weighted by molar-refractivity contribution is 14.1. The quantitative estimate of drug-likeness (QED) is 0.488. The van der Waals surface area contributed by atoms with Gasteiger partial charge in [0.15, 0.2) is 0 Å². The molecule has 0 heterocycles. The van der Waals surface area contributed by atoms with Crippen molar-refractivity contribution in [1.82, 2.24) is 0 Å². The number of rotatable bonds is 0. The molecule has 2 aromatic carbocycles. The van der Waals surface area contributed by atoms with E-state index in [-0.39, 0.29) is 0 Å². The second kappa shape index (κ2) is 4.06. The van der Waals surface area contributed by atoms with Crippen molar-refractivity contribution < 1.29 is 0 Å². The van der Waals surface area contributed by atoms with Crippen LogP contribution in [0.2, 0.25) is 0 Å². The molecule has 16 heavy (non-hydrogen) atoms. The molecule has 0 saturated carbocycles. The molecule has 0 saturated heterocycles. The van der Waals surface area contributed by atoms with Crippen molar-refractivity contribution in [3.8, 4) is 0 Å². The lowest BCUT2D eigenvalue weighted by atomic mass is 10.00. The Bertz CT molecular complexity index is 505. The van der Waals surface area contributed by atoms with Crippen LogP contribution in [0, 0.1) is 0 Å². The lowest BCUT2D eigenvalue weighted by Gasteiger charge is -2.13. The highest BCUT2D eigenvalue weighted by Crippen LogP contribution is 2.38. The van der Waals surface area contributed by atoms with Crippen LogP contribution in [0.3, 0.4) is 0 Å². The summed E-state index contributed by atoms with van der Waals surface area (Å²) in [5, 5.41) is 0. The molecule has 0 fully saturated rings. The molecule has 0 aromatic heterocycles. The third-order valence-electron chi connectivity index (χ3n) is 2.98. The molecule has 1 aliphatic rings. The lowest BCUT2D eigenvalue weighted by molar-refractivity contribution is 1.19. The molecule has 1 aliphatic carbocycles. The minimum atomic E-state index is 0.444. The predicted octanol–water partition coefficient (Wildman–Crippen LogP) is 4.69. The molecule has 0 bridgehead atoms. The van der Waals surface area contributed by atoms with Gasteiger partial charge in [0.05, 0.1) is 3.92 Å². The van der Waals surface area contributed by atoms with Gasteiger partial charge in [0.2, 0.25) is 0 Å². The predicted molar refractivity (Wildman–Crippen MR) is 77.7 cm³/mol. The number of alkyl halides is 1. The zero-order valence-electron chi connectivity index (χ0n) is 8.73. The van der Waals surface area contributed by atoms with Crippen LogP contribution in [0.4, 0.5) is 0 Å². The Labute approximate surface area is 109 Å². The summed E-state index contributed by atoms with van der Waals surface area (Å²) in [4.78, 5) is 0. The van der Waals surface area contributed by atoms with Crippen LogP contribution in [0.5, 0.6) is 0 Å². The second-order valence-electron chi connectivity index (χ2n) is 3.95. The van der Waals surface area contributed by atoms with Crippen molar-refractivity contribution in [3.63, 3.8) is 0 Å². The number of fused-ring (bicyclic) bond motifs is 2. The fourth-order valence-corrected chi connectivity index (χ4v) is 3.27. The maximum atomic E-state index is 2.52. The maximum Gasteiger partial charge on any atom is 0.0620 e. The highest BCUT2D eigenvalue weighted by Gasteiger charge is 2.17. The zero-order valence-corrected chi connectivity index (χ0v) is 10.9. The van der Waals surface area contributed by atoms with Crippen molar-refractivity contribution in [3.05, 3.63) is 70.8 Å². The maximum absolute atomic E-state index is 2.52. The van der Waals surface area contributed by atoms with Gasteiger partial charge in [-0.25, -0.2) is 0 Å². The molecule has 0 nitrogen and oxygen atoms in total. The van der Waals surface area contributed by atoms with Crippen LogP contribution in [0.25, 0.3) is 12.2 Å². The lowest BCUT2D eigenvalue weighted by Crippen LogP contribution is -1.95. The Hall–Kier alpha value is -1.09. The van der Waals surface area contributed by atoms with Gasteiger partial charge in [-0.05, 0) is 22.3 Å². The van der Waals surface area contributed by atoms with E-state index in [1.165, 1.54) is 22.3 Å². The summed E-state index contributed by atoms with van der Waals surface area (Å²) >= 11 is 2.52. The van der Waals surface area contributed by atoms with E-state index in [9.17, 15) is 0 Å². The van der Waals surface area contributed by atoms with E-state index in [2.05, 4.69) is 83.3 Å².